The molecule has 0 radical (unpaired) electrons. The minimum absolute atomic E-state index is 0.0230. The molecule has 9 heteroatoms. The average molecular weight is 378 g/mol. The number of rotatable bonds is 6. The minimum atomic E-state index is -0.757. The number of carbonyl (C=O) groups excluding carboxylic acids is 2. The number of para-hydroxylation sites is 1. The Morgan fingerprint density at radius 3 is 2.85 bits per heavy atom. The van der Waals surface area contributed by atoms with E-state index in [-0.39, 0.29) is 29.6 Å². The van der Waals surface area contributed by atoms with E-state index < -0.39 is 28.6 Å². The van der Waals surface area contributed by atoms with Crippen LogP contribution in [0.4, 0.5) is 5.69 Å². The summed E-state index contributed by atoms with van der Waals surface area (Å²) in [5.74, 6) is -1.27. The number of β-lactam (4-membered cyclic amide) rings is 1. The van der Waals surface area contributed by atoms with Crippen LogP contribution in [0.5, 0.6) is 0 Å². The lowest BCUT2D eigenvalue weighted by atomic mass is 9.79. The number of hydrogen-bond acceptors (Lipinski definition) is 7. The molecule has 2 aliphatic rings. The van der Waals surface area contributed by atoms with E-state index in [4.69, 9.17) is 14.5 Å². The quantitative estimate of drug-likeness (QED) is 0.322. The van der Waals surface area contributed by atoms with Gasteiger partial charge in [0.2, 0.25) is 5.91 Å². The summed E-state index contributed by atoms with van der Waals surface area (Å²) in [6.07, 6.45) is -0.223. The lowest BCUT2D eigenvalue weighted by molar-refractivity contribution is -0.385. The van der Waals surface area contributed by atoms with Gasteiger partial charge in [0.05, 0.1) is 29.9 Å². The molecule has 1 amide bonds. The topological polar surface area (TPSA) is 108 Å². The highest BCUT2D eigenvalue weighted by Gasteiger charge is 2.58. The summed E-state index contributed by atoms with van der Waals surface area (Å²) in [4.78, 5) is 46.6. The summed E-state index contributed by atoms with van der Waals surface area (Å²) in [5.41, 5.74) is -0.573. The van der Waals surface area contributed by atoms with Crippen LogP contribution in [0.25, 0.3) is 0 Å². The van der Waals surface area contributed by atoms with E-state index in [0.717, 1.165) is 0 Å². The van der Waals surface area contributed by atoms with Crippen LogP contribution in [0.15, 0.2) is 24.3 Å². The highest BCUT2D eigenvalue weighted by molar-refractivity contribution is 5.87. The van der Waals surface area contributed by atoms with Crippen molar-refractivity contribution in [2.45, 2.75) is 51.5 Å². The van der Waals surface area contributed by atoms with Crippen molar-refractivity contribution in [1.29, 1.82) is 0 Å². The first kappa shape index (κ1) is 19.2. The highest BCUT2D eigenvalue weighted by atomic mass is 17.2. The lowest BCUT2D eigenvalue weighted by Crippen LogP contribution is -2.73. The Morgan fingerprint density at radius 1 is 1.44 bits per heavy atom. The molecule has 3 rings (SSSR count). The number of benzene rings is 1. The lowest BCUT2D eigenvalue weighted by Gasteiger charge is -2.58. The SMILES string of the molecule is CC(OOC(=O)Cc1ccccc1[N+](=O)[O-])[C@@H]1C(=O)N2C1CCOC2(C)C. The van der Waals surface area contributed by atoms with Crippen LogP contribution in [-0.2, 0) is 30.5 Å². The molecule has 0 saturated carbocycles. The number of nitrogens with zero attached hydrogens (tertiary/aromatic N) is 2. The summed E-state index contributed by atoms with van der Waals surface area (Å²) in [6, 6.07) is 5.91. The highest BCUT2D eigenvalue weighted by Crippen LogP contribution is 2.42. The predicted octanol–water partition coefficient (Wildman–Crippen LogP) is 1.98. The van der Waals surface area contributed by atoms with Crippen molar-refractivity contribution >= 4 is 17.6 Å². The summed E-state index contributed by atoms with van der Waals surface area (Å²) in [7, 11) is 0. The summed E-state index contributed by atoms with van der Waals surface area (Å²) >= 11 is 0. The maximum absolute atomic E-state index is 12.5. The summed E-state index contributed by atoms with van der Waals surface area (Å²) in [6.45, 7) is 5.89. The monoisotopic (exact) mass is 378 g/mol. The Hall–Kier alpha value is -2.52. The van der Waals surface area contributed by atoms with Gasteiger partial charge in [-0.05, 0) is 27.2 Å². The molecule has 0 aliphatic carbocycles. The first-order valence-corrected chi connectivity index (χ1v) is 8.78. The Labute approximate surface area is 156 Å². The molecule has 0 spiro atoms. The number of nitro groups is 1. The van der Waals surface area contributed by atoms with E-state index in [9.17, 15) is 19.7 Å². The molecular weight excluding hydrogens is 356 g/mol. The molecule has 1 aromatic carbocycles. The smallest absolute Gasteiger partial charge is 0.346 e. The zero-order valence-corrected chi connectivity index (χ0v) is 15.4. The van der Waals surface area contributed by atoms with Gasteiger partial charge in [0.25, 0.3) is 5.69 Å². The fraction of sp³-hybridized carbons (Fsp3) is 0.556. The first-order valence-electron chi connectivity index (χ1n) is 8.78. The molecule has 9 nitrogen and oxygen atoms in total. The van der Waals surface area contributed by atoms with Gasteiger partial charge in [0.1, 0.15) is 11.8 Å². The molecule has 2 saturated heterocycles. The molecule has 2 heterocycles. The van der Waals surface area contributed by atoms with Crippen molar-refractivity contribution in [3.8, 4) is 0 Å². The normalized spacial score (nSPS) is 24.6. The Balaban J connectivity index is 1.56. The van der Waals surface area contributed by atoms with Crippen LogP contribution in [-0.4, -0.2) is 46.2 Å². The van der Waals surface area contributed by atoms with Crippen molar-refractivity contribution in [3.05, 3.63) is 39.9 Å². The van der Waals surface area contributed by atoms with Gasteiger partial charge < -0.3 is 9.64 Å². The Kier molecular flexibility index (Phi) is 5.16. The van der Waals surface area contributed by atoms with Gasteiger partial charge in [0.15, 0.2) is 0 Å². The molecule has 0 N–H and O–H groups in total. The minimum Gasteiger partial charge on any atom is -0.356 e. The van der Waals surface area contributed by atoms with E-state index in [1.165, 1.54) is 18.2 Å². The third kappa shape index (κ3) is 3.65. The number of nitro benzene ring substituents is 1. The number of hydrogen-bond donors (Lipinski definition) is 0. The average Bonchev–Trinajstić information content (AvgIpc) is 2.58. The Morgan fingerprint density at radius 2 is 2.15 bits per heavy atom. The van der Waals surface area contributed by atoms with Gasteiger partial charge >= 0.3 is 5.97 Å². The fourth-order valence-corrected chi connectivity index (χ4v) is 3.77. The Bertz CT molecular complexity index is 764. The molecule has 2 fully saturated rings. The van der Waals surface area contributed by atoms with Gasteiger partial charge in [0, 0.05) is 11.6 Å². The van der Waals surface area contributed by atoms with E-state index in [0.29, 0.717) is 13.0 Å². The zero-order valence-electron chi connectivity index (χ0n) is 15.4. The number of amides is 1. The zero-order chi connectivity index (χ0) is 19.8. The number of ether oxygens (including phenoxy) is 1. The van der Waals surface area contributed by atoms with Crippen molar-refractivity contribution < 1.29 is 29.0 Å². The van der Waals surface area contributed by atoms with E-state index >= 15 is 0 Å². The van der Waals surface area contributed by atoms with Gasteiger partial charge in [-0.2, -0.15) is 4.89 Å². The molecule has 3 atom stereocenters. The predicted molar refractivity (Wildman–Crippen MR) is 92.2 cm³/mol. The van der Waals surface area contributed by atoms with E-state index in [1.807, 2.05) is 13.8 Å². The maximum Gasteiger partial charge on any atom is 0.346 e. The molecule has 2 aliphatic heterocycles. The van der Waals surface area contributed by atoms with Crippen molar-refractivity contribution in [3.63, 3.8) is 0 Å². The van der Waals surface area contributed by atoms with Gasteiger partial charge in [-0.25, -0.2) is 4.79 Å². The molecule has 1 aromatic rings. The molecule has 0 aromatic heterocycles. The molecule has 2 unspecified atom stereocenters. The summed E-state index contributed by atoms with van der Waals surface area (Å²) < 4.78 is 5.62. The van der Waals surface area contributed by atoms with Gasteiger partial charge in [-0.3, -0.25) is 19.8 Å². The second-order valence-corrected chi connectivity index (χ2v) is 7.20. The third-order valence-electron chi connectivity index (χ3n) is 5.04. The van der Waals surface area contributed by atoms with E-state index in [2.05, 4.69) is 0 Å². The van der Waals surface area contributed by atoms with Crippen molar-refractivity contribution in [2.75, 3.05) is 6.61 Å². The molecule has 27 heavy (non-hydrogen) atoms. The second-order valence-electron chi connectivity index (χ2n) is 7.20. The van der Waals surface area contributed by atoms with Crippen LogP contribution in [0, 0.1) is 16.0 Å². The molecular formula is C18H22N2O7. The molecule has 0 bridgehead atoms. The van der Waals surface area contributed by atoms with Gasteiger partial charge in [-0.15, -0.1) is 0 Å². The molecule has 146 valence electrons. The number of fused-ring (bicyclic) bond motifs is 1. The third-order valence-corrected chi connectivity index (χ3v) is 5.04. The van der Waals surface area contributed by atoms with Crippen LogP contribution < -0.4 is 0 Å². The van der Waals surface area contributed by atoms with Crippen molar-refractivity contribution in [2.24, 2.45) is 5.92 Å². The second kappa shape index (κ2) is 7.24. The fourth-order valence-electron chi connectivity index (χ4n) is 3.77. The van der Waals surface area contributed by atoms with Crippen LogP contribution in [0.3, 0.4) is 0 Å². The van der Waals surface area contributed by atoms with E-state index in [1.54, 1.807) is 17.9 Å². The summed E-state index contributed by atoms with van der Waals surface area (Å²) in [5, 5.41) is 11.0. The van der Waals surface area contributed by atoms with Crippen molar-refractivity contribution in [1.82, 2.24) is 4.90 Å². The largest absolute Gasteiger partial charge is 0.356 e. The van der Waals surface area contributed by atoms with Gasteiger partial charge in [-0.1, -0.05) is 18.2 Å². The van der Waals surface area contributed by atoms with Crippen LogP contribution in [0.2, 0.25) is 0 Å². The maximum atomic E-state index is 12.5. The standard InChI is InChI=1S/C18H22N2O7/c1-11(16-14-8-9-25-18(2,3)19(14)17(16)22)26-27-15(21)10-12-6-4-5-7-13(12)20(23)24/h4-7,11,14,16H,8-10H2,1-3H3/t11?,14?,16-/m0/s1. The van der Waals surface area contributed by atoms with Crippen LogP contribution in [0.1, 0.15) is 32.8 Å². The number of carbonyl (C=O) groups is 2. The first-order chi connectivity index (χ1) is 12.7. The van der Waals surface area contributed by atoms with Crippen LogP contribution >= 0.6 is 0 Å².